The van der Waals surface area contributed by atoms with Crippen molar-refractivity contribution < 1.29 is 18.7 Å². The Hall–Kier alpha value is -3.21. The lowest BCUT2D eigenvalue weighted by atomic mass is 10.2. The summed E-state index contributed by atoms with van der Waals surface area (Å²) >= 11 is 0. The van der Waals surface area contributed by atoms with Crippen LogP contribution in [0.1, 0.15) is 12.2 Å². The highest BCUT2D eigenvalue weighted by molar-refractivity contribution is 5.76. The quantitative estimate of drug-likeness (QED) is 0.581. The summed E-state index contributed by atoms with van der Waals surface area (Å²) in [5.74, 6) is 2.93. The van der Waals surface area contributed by atoms with Crippen LogP contribution in [0.15, 0.2) is 71.1 Å². The molecule has 0 fully saturated rings. The van der Waals surface area contributed by atoms with Gasteiger partial charge in [0.25, 0.3) is 0 Å². The zero-order chi connectivity index (χ0) is 18.9. The fraction of sp³-hybridized carbons (Fsp3) is 0.227. The van der Waals surface area contributed by atoms with Crippen molar-refractivity contribution >= 4 is 5.91 Å². The SMILES string of the molecule is COc1ccccc1OCCNC(=O)CCc1ccc(-c2ccccc2)o1. The fourth-order valence-corrected chi connectivity index (χ4v) is 2.68. The van der Waals surface area contributed by atoms with Crippen LogP contribution in [0.4, 0.5) is 0 Å². The minimum Gasteiger partial charge on any atom is -0.493 e. The van der Waals surface area contributed by atoms with Crippen molar-refractivity contribution in [2.75, 3.05) is 20.3 Å². The van der Waals surface area contributed by atoms with Gasteiger partial charge in [-0.2, -0.15) is 0 Å². The first-order chi connectivity index (χ1) is 13.3. The van der Waals surface area contributed by atoms with Crippen LogP contribution >= 0.6 is 0 Å². The predicted octanol–water partition coefficient (Wildman–Crippen LogP) is 4.08. The lowest BCUT2D eigenvalue weighted by Gasteiger charge is -2.10. The van der Waals surface area contributed by atoms with E-state index in [0.29, 0.717) is 37.5 Å². The minimum atomic E-state index is -0.0312. The van der Waals surface area contributed by atoms with E-state index < -0.39 is 0 Å². The molecule has 0 atom stereocenters. The topological polar surface area (TPSA) is 60.7 Å². The summed E-state index contributed by atoms with van der Waals surface area (Å²) in [6.45, 7) is 0.815. The monoisotopic (exact) mass is 365 g/mol. The molecule has 0 saturated carbocycles. The Bertz CT molecular complexity index is 858. The van der Waals surface area contributed by atoms with Crippen molar-refractivity contribution in [3.63, 3.8) is 0 Å². The van der Waals surface area contributed by atoms with Gasteiger partial charge in [0.15, 0.2) is 11.5 Å². The molecule has 1 aromatic heterocycles. The van der Waals surface area contributed by atoms with Crippen LogP contribution in [0.5, 0.6) is 11.5 Å². The van der Waals surface area contributed by atoms with Crippen molar-refractivity contribution in [2.24, 2.45) is 0 Å². The molecule has 1 amide bonds. The molecular formula is C22H23NO4. The van der Waals surface area contributed by atoms with Crippen LogP contribution in [0.2, 0.25) is 0 Å². The molecule has 0 aliphatic rings. The van der Waals surface area contributed by atoms with Gasteiger partial charge in [-0.15, -0.1) is 0 Å². The Morgan fingerprint density at radius 3 is 2.48 bits per heavy atom. The molecule has 0 spiro atoms. The molecule has 0 bridgehead atoms. The van der Waals surface area contributed by atoms with E-state index in [1.165, 1.54) is 0 Å². The Morgan fingerprint density at radius 2 is 1.70 bits per heavy atom. The van der Waals surface area contributed by atoms with Crippen LogP contribution in [0.3, 0.4) is 0 Å². The van der Waals surface area contributed by atoms with Gasteiger partial charge >= 0.3 is 0 Å². The second kappa shape index (κ2) is 9.48. The molecule has 27 heavy (non-hydrogen) atoms. The van der Waals surface area contributed by atoms with Crippen LogP contribution in [0.25, 0.3) is 11.3 Å². The summed E-state index contributed by atoms with van der Waals surface area (Å²) in [5.41, 5.74) is 1.03. The largest absolute Gasteiger partial charge is 0.493 e. The minimum absolute atomic E-state index is 0.0312. The normalized spacial score (nSPS) is 10.4. The third-order valence-corrected chi connectivity index (χ3v) is 4.07. The molecule has 3 rings (SSSR count). The van der Waals surface area contributed by atoms with Crippen molar-refractivity contribution in [2.45, 2.75) is 12.8 Å². The number of carbonyl (C=O) groups excluding carboxylic acids is 1. The molecule has 3 aromatic rings. The number of ether oxygens (including phenoxy) is 2. The number of hydrogen-bond donors (Lipinski definition) is 1. The third kappa shape index (κ3) is 5.38. The van der Waals surface area contributed by atoms with Gasteiger partial charge in [0.05, 0.1) is 13.7 Å². The summed E-state index contributed by atoms with van der Waals surface area (Å²) in [7, 11) is 1.60. The number of rotatable bonds is 9. The number of methoxy groups -OCH3 is 1. The number of carbonyl (C=O) groups is 1. The Kier molecular flexibility index (Phi) is 6.52. The first-order valence-corrected chi connectivity index (χ1v) is 8.93. The number of hydrogen-bond acceptors (Lipinski definition) is 4. The summed E-state index contributed by atoms with van der Waals surface area (Å²) in [6.07, 6.45) is 0.933. The van der Waals surface area contributed by atoms with Crippen molar-refractivity contribution in [3.8, 4) is 22.8 Å². The lowest BCUT2D eigenvalue weighted by Crippen LogP contribution is -2.28. The fourth-order valence-electron chi connectivity index (χ4n) is 2.68. The molecule has 0 saturated heterocycles. The zero-order valence-corrected chi connectivity index (χ0v) is 15.3. The number of para-hydroxylation sites is 2. The van der Waals surface area contributed by atoms with Gasteiger partial charge in [0.2, 0.25) is 5.91 Å². The van der Waals surface area contributed by atoms with Crippen LogP contribution in [0, 0.1) is 0 Å². The summed E-state index contributed by atoms with van der Waals surface area (Å²) < 4.78 is 16.7. The van der Waals surface area contributed by atoms with Gasteiger partial charge in [-0.25, -0.2) is 0 Å². The van der Waals surface area contributed by atoms with Crippen LogP contribution in [-0.4, -0.2) is 26.2 Å². The maximum atomic E-state index is 12.0. The van der Waals surface area contributed by atoms with E-state index in [2.05, 4.69) is 5.32 Å². The van der Waals surface area contributed by atoms with E-state index in [0.717, 1.165) is 17.1 Å². The predicted molar refractivity (Wildman–Crippen MR) is 104 cm³/mol. The van der Waals surface area contributed by atoms with Crippen molar-refractivity contribution in [1.29, 1.82) is 0 Å². The molecule has 1 N–H and O–H groups in total. The van der Waals surface area contributed by atoms with Gasteiger partial charge in [-0.1, -0.05) is 42.5 Å². The third-order valence-electron chi connectivity index (χ3n) is 4.07. The number of benzene rings is 2. The van der Waals surface area contributed by atoms with Crippen LogP contribution < -0.4 is 14.8 Å². The zero-order valence-electron chi connectivity index (χ0n) is 15.3. The first kappa shape index (κ1) is 18.6. The summed E-state index contributed by atoms with van der Waals surface area (Å²) in [6, 6.07) is 21.2. The van der Waals surface area contributed by atoms with Gasteiger partial charge in [0.1, 0.15) is 18.1 Å². The van der Waals surface area contributed by atoms with E-state index >= 15 is 0 Å². The Morgan fingerprint density at radius 1 is 0.963 bits per heavy atom. The maximum absolute atomic E-state index is 12.0. The summed E-state index contributed by atoms with van der Waals surface area (Å²) in [4.78, 5) is 12.0. The lowest BCUT2D eigenvalue weighted by molar-refractivity contribution is -0.121. The molecule has 1 heterocycles. The number of nitrogens with one attached hydrogen (secondary N) is 1. The molecule has 140 valence electrons. The number of amides is 1. The maximum Gasteiger partial charge on any atom is 0.220 e. The van der Waals surface area contributed by atoms with Gasteiger partial charge in [-0.3, -0.25) is 4.79 Å². The van der Waals surface area contributed by atoms with E-state index in [1.54, 1.807) is 7.11 Å². The smallest absolute Gasteiger partial charge is 0.220 e. The molecule has 2 aromatic carbocycles. The second-order valence-electron chi connectivity index (χ2n) is 5.98. The highest BCUT2D eigenvalue weighted by atomic mass is 16.5. The molecule has 0 aliphatic heterocycles. The molecule has 0 unspecified atom stereocenters. The number of furan rings is 1. The molecule has 0 aliphatic carbocycles. The molecule has 0 radical (unpaired) electrons. The molecule has 5 heteroatoms. The molecular weight excluding hydrogens is 342 g/mol. The van der Waals surface area contributed by atoms with Gasteiger partial charge in [0, 0.05) is 18.4 Å². The average molecular weight is 365 g/mol. The Labute approximate surface area is 158 Å². The first-order valence-electron chi connectivity index (χ1n) is 8.93. The number of aryl methyl sites for hydroxylation is 1. The van der Waals surface area contributed by atoms with Gasteiger partial charge < -0.3 is 19.2 Å². The Balaban J connectivity index is 1.38. The van der Waals surface area contributed by atoms with E-state index in [9.17, 15) is 4.79 Å². The van der Waals surface area contributed by atoms with Crippen LogP contribution in [-0.2, 0) is 11.2 Å². The van der Waals surface area contributed by atoms with Gasteiger partial charge in [-0.05, 0) is 24.3 Å². The average Bonchev–Trinajstić information content (AvgIpc) is 3.20. The molecule has 5 nitrogen and oxygen atoms in total. The van der Waals surface area contributed by atoms with Crippen molar-refractivity contribution in [1.82, 2.24) is 5.32 Å². The van der Waals surface area contributed by atoms with E-state index in [1.807, 2.05) is 66.7 Å². The summed E-state index contributed by atoms with van der Waals surface area (Å²) in [5, 5.41) is 2.85. The van der Waals surface area contributed by atoms with Crippen molar-refractivity contribution in [3.05, 3.63) is 72.5 Å². The highest BCUT2D eigenvalue weighted by Crippen LogP contribution is 2.25. The van der Waals surface area contributed by atoms with E-state index in [-0.39, 0.29) is 5.91 Å². The highest BCUT2D eigenvalue weighted by Gasteiger charge is 2.08. The standard InChI is InChI=1S/C22H23NO4/c1-25-20-9-5-6-10-21(20)26-16-15-23-22(24)14-12-18-11-13-19(27-18)17-7-3-2-4-8-17/h2-11,13H,12,14-16H2,1H3,(H,23,24). The van der Waals surface area contributed by atoms with E-state index in [4.69, 9.17) is 13.9 Å². The second-order valence-corrected chi connectivity index (χ2v) is 5.98.